The Hall–Kier alpha value is -2.27. The molecule has 5 heteroatoms. The highest BCUT2D eigenvalue weighted by Crippen LogP contribution is 2.18. The number of hydrogen-bond donors (Lipinski definition) is 2. The second-order valence-electron chi connectivity index (χ2n) is 4.83. The van der Waals surface area contributed by atoms with Crippen LogP contribution >= 0.6 is 0 Å². The predicted octanol–water partition coefficient (Wildman–Crippen LogP) is 2.37. The number of carbonyl (C=O) groups is 1. The van der Waals surface area contributed by atoms with Gasteiger partial charge in [0.05, 0.1) is 18.8 Å². The van der Waals surface area contributed by atoms with Crippen molar-refractivity contribution < 1.29 is 19.1 Å². The van der Waals surface area contributed by atoms with E-state index in [4.69, 9.17) is 9.15 Å². The molecule has 1 aromatic carbocycles. The van der Waals surface area contributed by atoms with Crippen molar-refractivity contribution in [2.45, 2.75) is 20.0 Å². The lowest BCUT2D eigenvalue weighted by Gasteiger charge is -2.12. The molecule has 1 atom stereocenters. The van der Waals surface area contributed by atoms with Crippen molar-refractivity contribution in [3.63, 3.8) is 0 Å². The van der Waals surface area contributed by atoms with Crippen molar-refractivity contribution in [1.82, 2.24) is 5.32 Å². The topological polar surface area (TPSA) is 71.7 Å². The number of ether oxygens (including phenoxy) is 1. The van der Waals surface area contributed by atoms with E-state index in [0.29, 0.717) is 17.1 Å². The third-order valence-electron chi connectivity index (χ3n) is 3.24. The number of carbonyl (C=O) groups excluding carboxylic acids is 1. The first-order valence-corrected chi connectivity index (χ1v) is 6.68. The van der Waals surface area contributed by atoms with Crippen LogP contribution in [0, 0.1) is 13.8 Å². The van der Waals surface area contributed by atoms with Crippen LogP contribution in [-0.4, -0.2) is 24.7 Å². The van der Waals surface area contributed by atoms with Crippen LogP contribution in [0.4, 0.5) is 0 Å². The Bertz CT molecular complexity index is 616. The zero-order valence-electron chi connectivity index (χ0n) is 12.3. The minimum atomic E-state index is -0.770. The van der Waals surface area contributed by atoms with Crippen LogP contribution in [0.5, 0.6) is 5.75 Å². The molecule has 2 N–H and O–H groups in total. The first kappa shape index (κ1) is 15.1. The molecule has 2 rings (SSSR count). The summed E-state index contributed by atoms with van der Waals surface area (Å²) >= 11 is 0. The quantitative estimate of drug-likeness (QED) is 0.886. The van der Waals surface area contributed by atoms with Gasteiger partial charge in [-0.05, 0) is 37.6 Å². The number of furan rings is 1. The highest BCUT2D eigenvalue weighted by Gasteiger charge is 2.15. The van der Waals surface area contributed by atoms with E-state index >= 15 is 0 Å². The fourth-order valence-electron chi connectivity index (χ4n) is 2.08. The Kier molecular flexibility index (Phi) is 4.65. The summed E-state index contributed by atoms with van der Waals surface area (Å²) in [7, 11) is 1.58. The molecule has 1 amide bonds. The van der Waals surface area contributed by atoms with Crippen molar-refractivity contribution >= 4 is 5.91 Å². The molecule has 1 aromatic heterocycles. The summed E-state index contributed by atoms with van der Waals surface area (Å²) in [6.07, 6.45) is -0.770. The van der Waals surface area contributed by atoms with Gasteiger partial charge in [-0.1, -0.05) is 12.1 Å². The Balaban J connectivity index is 1.95. The first-order chi connectivity index (χ1) is 10.0. The average Bonchev–Trinajstić information content (AvgIpc) is 2.83. The SMILES string of the molecule is COc1ccc(C(O)CNC(=O)c2cc(C)oc2C)cc1. The molecular formula is C16H19NO4. The van der Waals surface area contributed by atoms with Gasteiger partial charge >= 0.3 is 0 Å². The van der Waals surface area contributed by atoms with E-state index in [9.17, 15) is 9.90 Å². The van der Waals surface area contributed by atoms with E-state index in [1.54, 1.807) is 51.3 Å². The largest absolute Gasteiger partial charge is 0.497 e. The molecule has 0 radical (unpaired) electrons. The summed E-state index contributed by atoms with van der Waals surface area (Å²) in [4.78, 5) is 12.0. The third-order valence-corrected chi connectivity index (χ3v) is 3.24. The summed E-state index contributed by atoms with van der Waals surface area (Å²) in [6.45, 7) is 3.66. The lowest BCUT2D eigenvalue weighted by Crippen LogP contribution is -2.28. The second kappa shape index (κ2) is 6.45. The summed E-state index contributed by atoms with van der Waals surface area (Å²) < 4.78 is 10.4. The van der Waals surface area contributed by atoms with E-state index in [2.05, 4.69) is 5.32 Å². The minimum absolute atomic E-state index is 0.134. The van der Waals surface area contributed by atoms with Crippen molar-refractivity contribution in [1.29, 1.82) is 0 Å². The number of rotatable bonds is 5. The van der Waals surface area contributed by atoms with Gasteiger partial charge in [0.25, 0.3) is 5.91 Å². The molecule has 0 fully saturated rings. The Morgan fingerprint density at radius 3 is 2.52 bits per heavy atom. The van der Waals surface area contributed by atoms with Gasteiger partial charge in [-0.15, -0.1) is 0 Å². The Labute approximate surface area is 123 Å². The molecule has 0 bridgehead atoms. The van der Waals surface area contributed by atoms with Gasteiger partial charge in [-0.25, -0.2) is 0 Å². The lowest BCUT2D eigenvalue weighted by atomic mass is 10.1. The van der Waals surface area contributed by atoms with E-state index < -0.39 is 6.10 Å². The molecule has 2 aromatic rings. The molecule has 1 unspecified atom stereocenters. The molecule has 0 aliphatic carbocycles. The normalized spacial score (nSPS) is 12.0. The van der Waals surface area contributed by atoms with Crippen LogP contribution in [0.1, 0.15) is 33.5 Å². The molecule has 0 saturated carbocycles. The van der Waals surface area contributed by atoms with Crippen LogP contribution in [-0.2, 0) is 0 Å². The fourth-order valence-corrected chi connectivity index (χ4v) is 2.08. The Morgan fingerprint density at radius 1 is 1.33 bits per heavy atom. The third kappa shape index (κ3) is 3.64. The van der Waals surface area contributed by atoms with Crippen LogP contribution in [0.15, 0.2) is 34.7 Å². The molecule has 1 heterocycles. The van der Waals surface area contributed by atoms with Gasteiger partial charge in [-0.3, -0.25) is 4.79 Å². The number of nitrogens with one attached hydrogen (secondary N) is 1. The summed E-state index contributed by atoms with van der Waals surface area (Å²) in [5, 5.41) is 12.8. The van der Waals surface area contributed by atoms with Gasteiger partial charge in [0.15, 0.2) is 0 Å². The van der Waals surface area contributed by atoms with Gasteiger partial charge < -0.3 is 19.6 Å². The molecule has 0 saturated heterocycles. The summed E-state index contributed by atoms with van der Waals surface area (Å²) in [5.41, 5.74) is 1.21. The van der Waals surface area contributed by atoms with E-state index in [-0.39, 0.29) is 12.5 Å². The molecule has 5 nitrogen and oxygen atoms in total. The number of methoxy groups -OCH3 is 1. The maximum atomic E-state index is 12.0. The maximum absolute atomic E-state index is 12.0. The second-order valence-corrected chi connectivity index (χ2v) is 4.83. The van der Waals surface area contributed by atoms with E-state index in [1.165, 1.54) is 0 Å². The van der Waals surface area contributed by atoms with Crippen molar-refractivity contribution in [3.8, 4) is 5.75 Å². The van der Waals surface area contributed by atoms with Crippen molar-refractivity contribution in [2.24, 2.45) is 0 Å². The van der Waals surface area contributed by atoms with E-state index in [0.717, 1.165) is 11.3 Å². The van der Waals surface area contributed by atoms with Gasteiger partial charge in [-0.2, -0.15) is 0 Å². The average molecular weight is 289 g/mol. The molecule has 0 spiro atoms. The number of aliphatic hydroxyl groups is 1. The highest BCUT2D eigenvalue weighted by atomic mass is 16.5. The lowest BCUT2D eigenvalue weighted by molar-refractivity contribution is 0.0914. The van der Waals surface area contributed by atoms with Gasteiger partial charge in [0.2, 0.25) is 0 Å². The predicted molar refractivity (Wildman–Crippen MR) is 78.5 cm³/mol. The van der Waals surface area contributed by atoms with Crippen LogP contribution in [0.25, 0.3) is 0 Å². The molecule has 112 valence electrons. The van der Waals surface area contributed by atoms with Gasteiger partial charge in [0, 0.05) is 6.54 Å². The fraction of sp³-hybridized carbons (Fsp3) is 0.312. The standard InChI is InChI=1S/C16H19NO4/c1-10-8-14(11(2)21-10)16(19)17-9-15(18)12-4-6-13(20-3)7-5-12/h4-8,15,18H,9H2,1-3H3,(H,17,19). The van der Waals surface area contributed by atoms with Crippen LogP contribution < -0.4 is 10.1 Å². The van der Waals surface area contributed by atoms with Crippen LogP contribution in [0.3, 0.4) is 0 Å². The zero-order valence-corrected chi connectivity index (χ0v) is 12.3. The molecule has 21 heavy (non-hydrogen) atoms. The minimum Gasteiger partial charge on any atom is -0.497 e. The zero-order chi connectivity index (χ0) is 15.4. The van der Waals surface area contributed by atoms with Crippen LogP contribution in [0.2, 0.25) is 0 Å². The monoisotopic (exact) mass is 289 g/mol. The molecular weight excluding hydrogens is 270 g/mol. The summed E-state index contributed by atoms with van der Waals surface area (Å²) in [6, 6.07) is 8.75. The first-order valence-electron chi connectivity index (χ1n) is 6.68. The van der Waals surface area contributed by atoms with Gasteiger partial charge in [0.1, 0.15) is 17.3 Å². The molecule has 0 aliphatic heterocycles. The molecule has 0 aliphatic rings. The number of hydrogen-bond acceptors (Lipinski definition) is 4. The highest BCUT2D eigenvalue weighted by molar-refractivity contribution is 5.95. The maximum Gasteiger partial charge on any atom is 0.254 e. The smallest absolute Gasteiger partial charge is 0.254 e. The Morgan fingerprint density at radius 2 is 2.00 bits per heavy atom. The number of amides is 1. The number of benzene rings is 1. The van der Waals surface area contributed by atoms with E-state index in [1.807, 2.05) is 0 Å². The number of aliphatic hydroxyl groups excluding tert-OH is 1. The van der Waals surface area contributed by atoms with Crippen molar-refractivity contribution in [2.75, 3.05) is 13.7 Å². The summed E-state index contributed by atoms with van der Waals surface area (Å²) in [5.74, 6) is 1.73. The van der Waals surface area contributed by atoms with Crippen molar-refractivity contribution in [3.05, 3.63) is 53.0 Å². The number of aryl methyl sites for hydroxylation is 2.